The molecule has 0 aromatic carbocycles. The summed E-state index contributed by atoms with van der Waals surface area (Å²) in [6, 6.07) is 0. The van der Waals surface area contributed by atoms with Crippen molar-refractivity contribution in [2.24, 2.45) is 5.84 Å². The maximum Gasteiger partial charge on any atom is 0.163 e. The Balaban J connectivity index is 2.50. The maximum absolute atomic E-state index is 4.95. The molecule has 0 fully saturated rings. The SMILES string of the molecule is NNCc1nnn[nH]1. The molecule has 0 spiro atoms. The number of rotatable bonds is 2. The van der Waals surface area contributed by atoms with E-state index in [0.29, 0.717) is 12.4 Å². The van der Waals surface area contributed by atoms with Gasteiger partial charge in [-0.1, -0.05) is 0 Å². The fourth-order valence-corrected chi connectivity index (χ4v) is 0.350. The molecule has 0 bridgehead atoms. The van der Waals surface area contributed by atoms with Gasteiger partial charge in [0.05, 0.1) is 6.54 Å². The van der Waals surface area contributed by atoms with E-state index < -0.39 is 0 Å². The molecule has 0 aliphatic carbocycles. The summed E-state index contributed by atoms with van der Waals surface area (Å²) < 4.78 is 0. The number of nitrogens with zero attached hydrogens (tertiary/aromatic N) is 3. The summed E-state index contributed by atoms with van der Waals surface area (Å²) in [6.45, 7) is 0.465. The van der Waals surface area contributed by atoms with E-state index in [4.69, 9.17) is 5.84 Å². The van der Waals surface area contributed by atoms with Crippen LogP contribution in [0.4, 0.5) is 0 Å². The molecule has 0 saturated heterocycles. The fourth-order valence-electron chi connectivity index (χ4n) is 0.350. The third kappa shape index (κ3) is 0.983. The molecule has 0 aliphatic heterocycles. The Labute approximate surface area is 45.4 Å². The Morgan fingerprint density at radius 3 is 3.12 bits per heavy atom. The number of hydrogen-bond donors (Lipinski definition) is 3. The molecule has 6 heteroatoms. The van der Waals surface area contributed by atoms with Crippen molar-refractivity contribution in [1.82, 2.24) is 26.0 Å². The van der Waals surface area contributed by atoms with Crippen molar-refractivity contribution in [2.45, 2.75) is 6.54 Å². The minimum absolute atomic E-state index is 0.465. The second-order valence-electron chi connectivity index (χ2n) is 1.23. The Bertz CT molecular complexity index is 132. The van der Waals surface area contributed by atoms with E-state index in [1.807, 2.05) is 0 Å². The van der Waals surface area contributed by atoms with Crippen molar-refractivity contribution in [3.8, 4) is 0 Å². The highest BCUT2D eigenvalue weighted by atomic mass is 15.5. The zero-order valence-corrected chi connectivity index (χ0v) is 4.13. The van der Waals surface area contributed by atoms with Crippen LogP contribution < -0.4 is 11.3 Å². The van der Waals surface area contributed by atoms with E-state index in [2.05, 4.69) is 26.0 Å². The number of H-pyrrole nitrogens is 1. The molecule has 1 aromatic rings. The van der Waals surface area contributed by atoms with Gasteiger partial charge in [-0.25, -0.2) is 5.10 Å². The van der Waals surface area contributed by atoms with Gasteiger partial charge in [-0.3, -0.25) is 11.3 Å². The van der Waals surface area contributed by atoms with E-state index in [0.717, 1.165) is 0 Å². The minimum Gasteiger partial charge on any atom is -0.271 e. The largest absolute Gasteiger partial charge is 0.271 e. The molecule has 0 unspecified atom stereocenters. The van der Waals surface area contributed by atoms with Crippen LogP contribution in [0.15, 0.2) is 0 Å². The highest BCUT2D eigenvalue weighted by molar-refractivity contribution is 4.71. The number of aromatic amines is 1. The molecular weight excluding hydrogens is 108 g/mol. The molecule has 0 amide bonds. The summed E-state index contributed by atoms with van der Waals surface area (Å²) in [6.07, 6.45) is 0. The van der Waals surface area contributed by atoms with Crippen LogP contribution in [0.25, 0.3) is 0 Å². The standard InChI is InChI=1S/C2H6N6/c3-4-1-2-5-7-8-6-2/h4H,1,3H2,(H,5,6,7,8). The predicted octanol–water partition coefficient (Wildman–Crippen LogP) is -1.84. The zero-order valence-electron chi connectivity index (χ0n) is 4.13. The summed E-state index contributed by atoms with van der Waals surface area (Å²) in [5.74, 6) is 5.59. The number of aromatic nitrogens is 4. The average molecular weight is 114 g/mol. The van der Waals surface area contributed by atoms with Gasteiger partial charge in [0.1, 0.15) is 0 Å². The maximum atomic E-state index is 4.95. The fraction of sp³-hybridized carbons (Fsp3) is 0.500. The summed E-state index contributed by atoms with van der Waals surface area (Å²) in [5.41, 5.74) is 2.40. The van der Waals surface area contributed by atoms with Crippen molar-refractivity contribution >= 4 is 0 Å². The Kier molecular flexibility index (Phi) is 1.50. The molecule has 6 nitrogen and oxygen atoms in total. The summed E-state index contributed by atoms with van der Waals surface area (Å²) in [7, 11) is 0. The number of hydrogen-bond acceptors (Lipinski definition) is 5. The molecular formula is C2H6N6. The highest BCUT2D eigenvalue weighted by Gasteiger charge is 1.89. The second kappa shape index (κ2) is 2.34. The summed E-state index contributed by atoms with van der Waals surface area (Å²) in [5, 5.41) is 12.7. The molecule has 0 radical (unpaired) electrons. The first-order valence-electron chi connectivity index (χ1n) is 2.09. The molecule has 44 valence electrons. The van der Waals surface area contributed by atoms with Crippen LogP contribution in [0, 0.1) is 0 Å². The van der Waals surface area contributed by atoms with E-state index in [-0.39, 0.29) is 0 Å². The first-order chi connectivity index (χ1) is 3.93. The van der Waals surface area contributed by atoms with Gasteiger partial charge in [0, 0.05) is 0 Å². The van der Waals surface area contributed by atoms with Gasteiger partial charge in [0.2, 0.25) is 0 Å². The van der Waals surface area contributed by atoms with Gasteiger partial charge in [0.15, 0.2) is 5.82 Å². The predicted molar refractivity (Wildman–Crippen MR) is 25.2 cm³/mol. The Morgan fingerprint density at radius 1 is 1.75 bits per heavy atom. The van der Waals surface area contributed by atoms with Crippen LogP contribution in [-0.4, -0.2) is 20.6 Å². The molecule has 0 atom stereocenters. The molecule has 4 N–H and O–H groups in total. The van der Waals surface area contributed by atoms with Crippen LogP contribution in [0.5, 0.6) is 0 Å². The first kappa shape index (κ1) is 5.13. The van der Waals surface area contributed by atoms with Gasteiger partial charge < -0.3 is 0 Å². The minimum atomic E-state index is 0.465. The third-order valence-electron chi connectivity index (χ3n) is 0.659. The van der Waals surface area contributed by atoms with Crippen molar-refractivity contribution in [1.29, 1.82) is 0 Å². The van der Waals surface area contributed by atoms with Crippen LogP contribution in [0.2, 0.25) is 0 Å². The zero-order chi connectivity index (χ0) is 5.82. The summed E-state index contributed by atoms with van der Waals surface area (Å²) in [4.78, 5) is 0. The average Bonchev–Trinajstić information content (AvgIpc) is 2.19. The van der Waals surface area contributed by atoms with Crippen molar-refractivity contribution in [2.75, 3.05) is 0 Å². The lowest BCUT2D eigenvalue weighted by Crippen LogP contribution is -2.21. The molecule has 1 aromatic heterocycles. The van der Waals surface area contributed by atoms with E-state index in [1.54, 1.807) is 0 Å². The normalized spacial score (nSPS) is 9.62. The number of nitrogens with one attached hydrogen (secondary N) is 2. The lowest BCUT2D eigenvalue weighted by Gasteiger charge is -1.86. The van der Waals surface area contributed by atoms with Gasteiger partial charge in [0.25, 0.3) is 0 Å². The van der Waals surface area contributed by atoms with Crippen LogP contribution in [0.3, 0.4) is 0 Å². The number of nitrogens with two attached hydrogens (primary N) is 1. The van der Waals surface area contributed by atoms with Crippen molar-refractivity contribution < 1.29 is 0 Å². The lowest BCUT2D eigenvalue weighted by molar-refractivity contribution is 0.702. The molecule has 1 heterocycles. The van der Waals surface area contributed by atoms with Gasteiger partial charge in [-0.2, -0.15) is 0 Å². The Morgan fingerprint density at radius 2 is 2.62 bits per heavy atom. The smallest absolute Gasteiger partial charge is 0.163 e. The number of hydrazine groups is 1. The molecule has 0 saturated carbocycles. The van der Waals surface area contributed by atoms with Gasteiger partial charge >= 0.3 is 0 Å². The van der Waals surface area contributed by atoms with E-state index in [1.165, 1.54) is 0 Å². The topological polar surface area (TPSA) is 92.5 Å². The van der Waals surface area contributed by atoms with Crippen molar-refractivity contribution in [3.63, 3.8) is 0 Å². The van der Waals surface area contributed by atoms with Crippen LogP contribution in [0.1, 0.15) is 5.82 Å². The molecule has 1 rings (SSSR count). The highest BCUT2D eigenvalue weighted by Crippen LogP contribution is 1.76. The van der Waals surface area contributed by atoms with Crippen LogP contribution in [-0.2, 0) is 6.54 Å². The van der Waals surface area contributed by atoms with Crippen molar-refractivity contribution in [3.05, 3.63) is 5.82 Å². The first-order valence-corrected chi connectivity index (χ1v) is 2.09. The quantitative estimate of drug-likeness (QED) is 0.310. The summed E-state index contributed by atoms with van der Waals surface area (Å²) >= 11 is 0. The third-order valence-corrected chi connectivity index (χ3v) is 0.659. The van der Waals surface area contributed by atoms with Crippen LogP contribution >= 0.6 is 0 Å². The molecule has 8 heavy (non-hydrogen) atoms. The van der Waals surface area contributed by atoms with Gasteiger partial charge in [-0.05, 0) is 10.4 Å². The number of tetrazole rings is 1. The molecule has 0 aliphatic rings. The van der Waals surface area contributed by atoms with E-state index in [9.17, 15) is 0 Å². The second-order valence-corrected chi connectivity index (χ2v) is 1.23. The lowest BCUT2D eigenvalue weighted by atomic mass is 10.6. The monoisotopic (exact) mass is 114 g/mol. The van der Waals surface area contributed by atoms with E-state index >= 15 is 0 Å². The van der Waals surface area contributed by atoms with Gasteiger partial charge in [-0.15, -0.1) is 5.10 Å². The Hall–Kier alpha value is -1.01.